The Balaban J connectivity index is 1.16. The number of nitriles is 3. The maximum atomic E-state index is 9.83. The SMILES string of the molecule is COc1ccc(N(c2ccc(/C=C/C3=CC(=C\C=C\c4ccc(/C=C/C5=C(C#N)C(=C(C#N)C#N)OC5(C)C)s4)/CC(C)(C)C3)cc2)c2ccc(OC)cc2)cc1. The van der Waals surface area contributed by atoms with Crippen molar-refractivity contribution in [1.29, 1.82) is 15.8 Å². The van der Waals surface area contributed by atoms with Gasteiger partial charge in [0.1, 0.15) is 40.9 Å². The standard InChI is InChI=1S/C49H44N4O3S/c1-48(2)29-35(8-7-9-43-24-25-44(57-43)26-27-46-45(33-52)47(37(31-50)32-51)56-49(46,3)4)28-36(30-48)11-10-34-12-14-38(15-13-34)53(39-16-20-41(54-5)21-17-39)40-18-22-42(55-6)23-19-40/h7-28H,29-30H2,1-6H3/b9-7+,11-10+,27-26+,35-8+. The van der Waals surface area contributed by atoms with Crippen molar-refractivity contribution in [2.45, 2.75) is 46.1 Å². The van der Waals surface area contributed by atoms with Gasteiger partial charge in [-0.2, -0.15) is 15.8 Å². The molecule has 1 aliphatic carbocycles. The van der Waals surface area contributed by atoms with E-state index >= 15 is 0 Å². The molecule has 1 aromatic heterocycles. The van der Waals surface area contributed by atoms with Gasteiger partial charge in [-0.15, -0.1) is 11.3 Å². The number of hydrogen-bond donors (Lipinski definition) is 0. The molecule has 2 aliphatic rings. The Morgan fingerprint density at radius 1 is 0.702 bits per heavy atom. The lowest BCUT2D eigenvalue weighted by atomic mass is 9.75. The number of hydrogen-bond acceptors (Lipinski definition) is 8. The van der Waals surface area contributed by atoms with Crippen LogP contribution in [0.25, 0.3) is 18.2 Å². The summed E-state index contributed by atoms with van der Waals surface area (Å²) in [6, 6.07) is 34.6. The fraction of sp³-hybridized carbons (Fsp3) is 0.204. The normalized spacial score (nSPS) is 16.6. The molecular formula is C49H44N4O3S. The number of benzene rings is 3. The highest BCUT2D eigenvalue weighted by atomic mass is 32.1. The molecule has 0 N–H and O–H groups in total. The molecular weight excluding hydrogens is 725 g/mol. The Morgan fingerprint density at radius 2 is 1.26 bits per heavy atom. The molecule has 4 aromatic rings. The largest absolute Gasteiger partial charge is 0.497 e. The molecule has 57 heavy (non-hydrogen) atoms. The Kier molecular flexibility index (Phi) is 12.1. The van der Waals surface area contributed by atoms with Crippen LogP contribution in [0.4, 0.5) is 17.1 Å². The second-order valence-electron chi connectivity index (χ2n) is 15.0. The molecule has 2 heterocycles. The van der Waals surface area contributed by atoms with Crippen LogP contribution in [0.2, 0.25) is 0 Å². The molecule has 284 valence electrons. The summed E-state index contributed by atoms with van der Waals surface area (Å²) in [5, 5.41) is 28.5. The third-order valence-corrected chi connectivity index (χ3v) is 10.8. The number of ether oxygens (including phenoxy) is 3. The molecule has 0 spiro atoms. The second-order valence-corrected chi connectivity index (χ2v) is 16.2. The third-order valence-electron chi connectivity index (χ3n) is 9.74. The number of allylic oxidation sites excluding steroid dienone is 8. The molecule has 6 rings (SSSR count). The van der Waals surface area contributed by atoms with Crippen LogP contribution >= 0.6 is 11.3 Å². The number of nitrogens with zero attached hydrogens (tertiary/aromatic N) is 4. The zero-order chi connectivity index (χ0) is 40.6. The number of rotatable bonds is 11. The Labute approximate surface area is 340 Å². The number of thiophene rings is 1. The van der Waals surface area contributed by atoms with Gasteiger partial charge >= 0.3 is 0 Å². The monoisotopic (exact) mass is 768 g/mol. The van der Waals surface area contributed by atoms with Gasteiger partial charge < -0.3 is 19.1 Å². The first-order valence-electron chi connectivity index (χ1n) is 18.6. The van der Waals surface area contributed by atoms with E-state index in [9.17, 15) is 15.8 Å². The first-order valence-corrected chi connectivity index (χ1v) is 19.4. The highest BCUT2D eigenvalue weighted by Crippen LogP contribution is 2.42. The lowest BCUT2D eigenvalue weighted by molar-refractivity contribution is 0.0954. The zero-order valence-corrected chi connectivity index (χ0v) is 33.9. The fourth-order valence-corrected chi connectivity index (χ4v) is 7.86. The summed E-state index contributed by atoms with van der Waals surface area (Å²) in [5.74, 6) is 1.66. The van der Waals surface area contributed by atoms with Crippen molar-refractivity contribution < 1.29 is 14.2 Å². The van der Waals surface area contributed by atoms with E-state index in [1.807, 2.05) is 68.5 Å². The van der Waals surface area contributed by atoms with Crippen LogP contribution < -0.4 is 14.4 Å². The molecule has 8 heteroatoms. The Hall–Kier alpha value is -6.79. The van der Waals surface area contributed by atoms with Crippen LogP contribution in [0.5, 0.6) is 11.5 Å². The van der Waals surface area contributed by atoms with Crippen molar-refractivity contribution in [2.24, 2.45) is 5.41 Å². The molecule has 3 aromatic carbocycles. The van der Waals surface area contributed by atoms with Crippen molar-refractivity contribution in [3.8, 4) is 29.7 Å². The lowest BCUT2D eigenvalue weighted by Crippen LogP contribution is -2.20. The van der Waals surface area contributed by atoms with Gasteiger partial charge in [-0.3, -0.25) is 0 Å². The summed E-state index contributed by atoms with van der Waals surface area (Å²) >= 11 is 1.63. The van der Waals surface area contributed by atoms with Crippen LogP contribution in [-0.2, 0) is 4.74 Å². The first-order chi connectivity index (χ1) is 27.4. The molecule has 0 bridgehead atoms. The van der Waals surface area contributed by atoms with Crippen LogP contribution in [0.15, 0.2) is 149 Å². The van der Waals surface area contributed by atoms with E-state index in [1.165, 1.54) is 11.1 Å². The summed E-state index contributed by atoms with van der Waals surface area (Å²) in [4.78, 5) is 4.32. The van der Waals surface area contributed by atoms with Gasteiger partial charge in [-0.05, 0) is 134 Å². The average molecular weight is 769 g/mol. The third kappa shape index (κ3) is 9.54. The van der Waals surface area contributed by atoms with Gasteiger partial charge in [0.15, 0.2) is 11.3 Å². The second kappa shape index (κ2) is 17.3. The van der Waals surface area contributed by atoms with Gasteiger partial charge in [0, 0.05) is 32.4 Å². The minimum Gasteiger partial charge on any atom is -0.497 e. The zero-order valence-electron chi connectivity index (χ0n) is 33.0. The number of anilines is 3. The first kappa shape index (κ1) is 39.9. The van der Waals surface area contributed by atoms with Gasteiger partial charge in [0.05, 0.1) is 14.2 Å². The molecule has 0 saturated heterocycles. The van der Waals surface area contributed by atoms with Crippen molar-refractivity contribution in [2.75, 3.05) is 19.1 Å². The fourth-order valence-electron chi connectivity index (χ4n) is 7.03. The summed E-state index contributed by atoms with van der Waals surface area (Å²) in [6.45, 7) is 8.27. The molecule has 0 fully saturated rings. The molecule has 0 radical (unpaired) electrons. The minimum absolute atomic E-state index is 0.0432. The molecule has 7 nitrogen and oxygen atoms in total. The molecule has 0 saturated carbocycles. The quantitative estimate of drug-likeness (QED) is 0.140. The summed E-state index contributed by atoms with van der Waals surface area (Å²) in [7, 11) is 3.35. The maximum Gasteiger partial charge on any atom is 0.172 e. The van der Waals surface area contributed by atoms with Crippen LogP contribution in [0.1, 0.15) is 55.9 Å². The summed E-state index contributed by atoms with van der Waals surface area (Å²) in [6.07, 6.45) is 18.9. The summed E-state index contributed by atoms with van der Waals surface area (Å²) in [5.41, 5.74) is 6.70. The van der Waals surface area contributed by atoms with E-state index < -0.39 is 5.60 Å². The minimum atomic E-state index is -0.847. The van der Waals surface area contributed by atoms with E-state index in [0.717, 1.165) is 56.7 Å². The van der Waals surface area contributed by atoms with Crippen molar-refractivity contribution >= 4 is 46.6 Å². The van der Waals surface area contributed by atoms with Gasteiger partial charge in [0.25, 0.3) is 0 Å². The summed E-state index contributed by atoms with van der Waals surface area (Å²) < 4.78 is 16.7. The van der Waals surface area contributed by atoms with E-state index in [4.69, 9.17) is 14.2 Å². The Bertz CT molecular complexity index is 2410. The molecule has 0 unspecified atom stereocenters. The highest BCUT2D eigenvalue weighted by molar-refractivity contribution is 7.13. The predicted molar refractivity (Wildman–Crippen MR) is 231 cm³/mol. The van der Waals surface area contributed by atoms with Crippen molar-refractivity contribution in [1.82, 2.24) is 0 Å². The van der Waals surface area contributed by atoms with Crippen LogP contribution in [-0.4, -0.2) is 19.8 Å². The Morgan fingerprint density at radius 3 is 1.81 bits per heavy atom. The molecule has 0 atom stereocenters. The highest BCUT2D eigenvalue weighted by Gasteiger charge is 2.38. The van der Waals surface area contributed by atoms with Gasteiger partial charge in [0.2, 0.25) is 0 Å². The van der Waals surface area contributed by atoms with E-state index in [0.29, 0.717) is 5.57 Å². The van der Waals surface area contributed by atoms with Gasteiger partial charge in [-0.25, -0.2) is 0 Å². The molecule has 1 aliphatic heterocycles. The van der Waals surface area contributed by atoms with Crippen LogP contribution in [0, 0.1) is 39.4 Å². The topological polar surface area (TPSA) is 102 Å². The smallest absolute Gasteiger partial charge is 0.172 e. The lowest BCUT2D eigenvalue weighted by Gasteiger charge is -2.30. The van der Waals surface area contributed by atoms with Gasteiger partial charge in [-0.1, -0.05) is 62.4 Å². The van der Waals surface area contributed by atoms with E-state index in [-0.39, 0.29) is 22.3 Å². The molecule has 0 amide bonds. The van der Waals surface area contributed by atoms with Crippen molar-refractivity contribution in [3.05, 3.63) is 164 Å². The van der Waals surface area contributed by atoms with E-state index in [1.54, 1.807) is 25.6 Å². The maximum absolute atomic E-state index is 9.83. The predicted octanol–water partition coefficient (Wildman–Crippen LogP) is 12.6. The van der Waals surface area contributed by atoms with E-state index in [2.05, 4.69) is 116 Å². The number of methoxy groups -OCH3 is 2. The van der Waals surface area contributed by atoms with Crippen molar-refractivity contribution in [3.63, 3.8) is 0 Å². The van der Waals surface area contributed by atoms with Crippen LogP contribution in [0.3, 0.4) is 0 Å². The average Bonchev–Trinajstić information content (AvgIpc) is 3.77.